The zero-order valence-electron chi connectivity index (χ0n) is 8.90. The summed E-state index contributed by atoms with van der Waals surface area (Å²) < 4.78 is 0. The van der Waals surface area contributed by atoms with Gasteiger partial charge >= 0.3 is 0 Å². The zero-order chi connectivity index (χ0) is 10.6. The molecular formula is C13H18O. The molecule has 0 bridgehead atoms. The summed E-state index contributed by atoms with van der Waals surface area (Å²) >= 11 is 0. The number of benzene rings is 1. The number of rotatable bonds is 4. The Labute approximate surface area is 86.1 Å². The normalized spacial score (nSPS) is 12.9. The molecule has 0 spiro atoms. The first-order valence-electron chi connectivity index (χ1n) is 5.02. The van der Waals surface area contributed by atoms with E-state index in [9.17, 15) is 5.11 Å². The maximum absolute atomic E-state index is 9.84. The Morgan fingerprint density at radius 2 is 1.86 bits per heavy atom. The number of aliphatic hydroxyl groups excluding tert-OH is 1. The minimum atomic E-state index is -0.419. The molecule has 0 amide bonds. The van der Waals surface area contributed by atoms with Gasteiger partial charge in [-0.15, -0.1) is 0 Å². The van der Waals surface area contributed by atoms with E-state index in [1.807, 2.05) is 30.3 Å². The first-order chi connectivity index (χ1) is 6.61. The molecule has 76 valence electrons. The van der Waals surface area contributed by atoms with Crippen molar-refractivity contribution in [2.75, 3.05) is 0 Å². The fourth-order valence-electron chi connectivity index (χ4n) is 1.35. The van der Waals surface area contributed by atoms with E-state index in [0.717, 1.165) is 11.1 Å². The summed E-state index contributed by atoms with van der Waals surface area (Å²) in [5.74, 6) is 0.341. The Kier molecular flexibility index (Phi) is 3.90. The second-order valence-electron chi connectivity index (χ2n) is 3.94. The average molecular weight is 190 g/mol. The van der Waals surface area contributed by atoms with Crippen LogP contribution in [0.2, 0.25) is 0 Å². The molecule has 0 radical (unpaired) electrons. The predicted octanol–water partition coefficient (Wildman–Crippen LogP) is 2.80. The predicted molar refractivity (Wildman–Crippen MR) is 60.1 cm³/mol. The van der Waals surface area contributed by atoms with Crippen LogP contribution in [0.3, 0.4) is 0 Å². The summed E-state index contributed by atoms with van der Waals surface area (Å²) in [5, 5.41) is 9.84. The molecule has 0 aliphatic heterocycles. The quantitative estimate of drug-likeness (QED) is 0.724. The molecule has 1 aromatic rings. The Bertz CT molecular complexity index is 287. The van der Waals surface area contributed by atoms with E-state index in [1.54, 1.807) is 0 Å². The third kappa shape index (κ3) is 3.00. The van der Waals surface area contributed by atoms with Gasteiger partial charge in [-0.1, -0.05) is 50.8 Å². The van der Waals surface area contributed by atoms with Crippen molar-refractivity contribution in [1.29, 1.82) is 0 Å². The standard InChI is InChI=1S/C13H18O/c1-10(2)11(3)13(14)9-12-7-5-4-6-8-12/h4-8,10,13-14H,3,9H2,1-2H3/t13-/m1/s1. The second kappa shape index (κ2) is 4.97. The highest BCUT2D eigenvalue weighted by molar-refractivity contribution is 5.18. The SMILES string of the molecule is C=C(C(C)C)[C@H](O)Cc1ccccc1. The Morgan fingerprint density at radius 3 is 2.36 bits per heavy atom. The fraction of sp³-hybridized carbons (Fsp3) is 0.385. The maximum atomic E-state index is 9.84. The van der Waals surface area contributed by atoms with Gasteiger partial charge in [-0.2, -0.15) is 0 Å². The number of hydrogen-bond acceptors (Lipinski definition) is 1. The lowest BCUT2D eigenvalue weighted by atomic mass is 9.95. The molecular weight excluding hydrogens is 172 g/mol. The van der Waals surface area contributed by atoms with Crippen LogP contribution in [0.5, 0.6) is 0 Å². The van der Waals surface area contributed by atoms with E-state index in [2.05, 4.69) is 20.4 Å². The summed E-state index contributed by atoms with van der Waals surface area (Å²) in [4.78, 5) is 0. The van der Waals surface area contributed by atoms with Crippen LogP contribution >= 0.6 is 0 Å². The molecule has 1 atom stereocenters. The van der Waals surface area contributed by atoms with Gasteiger partial charge in [-0.3, -0.25) is 0 Å². The largest absolute Gasteiger partial charge is 0.388 e. The van der Waals surface area contributed by atoms with Crippen LogP contribution in [-0.4, -0.2) is 11.2 Å². The highest BCUT2D eigenvalue weighted by Crippen LogP contribution is 2.15. The average Bonchev–Trinajstić information content (AvgIpc) is 2.18. The molecule has 1 rings (SSSR count). The van der Waals surface area contributed by atoms with Crippen molar-refractivity contribution in [3.8, 4) is 0 Å². The Hall–Kier alpha value is -1.08. The van der Waals surface area contributed by atoms with Gasteiger partial charge < -0.3 is 5.11 Å². The number of aliphatic hydroxyl groups is 1. The van der Waals surface area contributed by atoms with Crippen LogP contribution in [0.15, 0.2) is 42.5 Å². The number of hydrogen-bond donors (Lipinski definition) is 1. The van der Waals surface area contributed by atoms with Gasteiger partial charge in [0.25, 0.3) is 0 Å². The van der Waals surface area contributed by atoms with Crippen LogP contribution in [0.1, 0.15) is 19.4 Å². The highest BCUT2D eigenvalue weighted by Gasteiger charge is 2.12. The van der Waals surface area contributed by atoms with E-state index in [1.165, 1.54) is 0 Å². The minimum Gasteiger partial charge on any atom is -0.388 e. The van der Waals surface area contributed by atoms with Crippen molar-refractivity contribution in [1.82, 2.24) is 0 Å². The van der Waals surface area contributed by atoms with Gasteiger partial charge in [0.2, 0.25) is 0 Å². The highest BCUT2D eigenvalue weighted by atomic mass is 16.3. The van der Waals surface area contributed by atoms with Crippen LogP contribution < -0.4 is 0 Å². The monoisotopic (exact) mass is 190 g/mol. The van der Waals surface area contributed by atoms with E-state index >= 15 is 0 Å². The summed E-state index contributed by atoms with van der Waals surface area (Å²) in [6.45, 7) is 8.00. The van der Waals surface area contributed by atoms with E-state index in [4.69, 9.17) is 0 Å². The molecule has 1 aromatic carbocycles. The van der Waals surface area contributed by atoms with Gasteiger partial charge in [0.15, 0.2) is 0 Å². The van der Waals surface area contributed by atoms with Crippen LogP contribution in [-0.2, 0) is 6.42 Å². The van der Waals surface area contributed by atoms with Crippen LogP contribution in [0.4, 0.5) is 0 Å². The third-order valence-electron chi connectivity index (χ3n) is 2.44. The molecule has 1 N–H and O–H groups in total. The van der Waals surface area contributed by atoms with Gasteiger partial charge in [0.1, 0.15) is 0 Å². The molecule has 0 aliphatic rings. The first kappa shape index (κ1) is 11.0. The maximum Gasteiger partial charge on any atom is 0.0790 e. The van der Waals surface area contributed by atoms with Crippen molar-refractivity contribution in [3.05, 3.63) is 48.0 Å². The second-order valence-corrected chi connectivity index (χ2v) is 3.94. The summed E-state index contributed by atoms with van der Waals surface area (Å²) in [5.41, 5.74) is 2.07. The van der Waals surface area contributed by atoms with E-state index in [0.29, 0.717) is 12.3 Å². The van der Waals surface area contributed by atoms with Gasteiger partial charge in [0, 0.05) is 6.42 Å². The summed E-state index contributed by atoms with van der Waals surface area (Å²) in [6, 6.07) is 10.0. The molecule has 0 saturated heterocycles. The topological polar surface area (TPSA) is 20.2 Å². The molecule has 0 aliphatic carbocycles. The van der Waals surface area contributed by atoms with Crippen molar-refractivity contribution in [2.24, 2.45) is 5.92 Å². The lowest BCUT2D eigenvalue weighted by molar-refractivity contribution is 0.201. The van der Waals surface area contributed by atoms with Crippen LogP contribution in [0, 0.1) is 5.92 Å². The molecule has 14 heavy (non-hydrogen) atoms. The van der Waals surface area contributed by atoms with E-state index in [-0.39, 0.29) is 0 Å². The molecule has 1 nitrogen and oxygen atoms in total. The summed E-state index contributed by atoms with van der Waals surface area (Å²) in [6.07, 6.45) is 0.245. The van der Waals surface area contributed by atoms with Crippen LogP contribution in [0.25, 0.3) is 0 Å². The molecule has 0 fully saturated rings. The first-order valence-corrected chi connectivity index (χ1v) is 5.02. The lowest BCUT2D eigenvalue weighted by Gasteiger charge is -2.16. The molecule has 1 heteroatoms. The Balaban J connectivity index is 2.57. The van der Waals surface area contributed by atoms with Gasteiger partial charge in [0.05, 0.1) is 6.10 Å². The van der Waals surface area contributed by atoms with Gasteiger partial charge in [-0.25, -0.2) is 0 Å². The zero-order valence-corrected chi connectivity index (χ0v) is 8.90. The molecule has 0 unspecified atom stereocenters. The van der Waals surface area contributed by atoms with E-state index < -0.39 is 6.10 Å². The molecule has 0 heterocycles. The minimum absolute atomic E-state index is 0.341. The van der Waals surface area contributed by atoms with Crippen molar-refractivity contribution < 1.29 is 5.11 Å². The lowest BCUT2D eigenvalue weighted by Crippen LogP contribution is -2.16. The molecule has 0 saturated carbocycles. The Morgan fingerprint density at radius 1 is 1.29 bits per heavy atom. The molecule has 0 aromatic heterocycles. The van der Waals surface area contributed by atoms with Gasteiger partial charge in [-0.05, 0) is 17.1 Å². The van der Waals surface area contributed by atoms with Crippen molar-refractivity contribution in [3.63, 3.8) is 0 Å². The smallest absolute Gasteiger partial charge is 0.0790 e. The summed E-state index contributed by atoms with van der Waals surface area (Å²) in [7, 11) is 0. The van der Waals surface area contributed by atoms with Crippen molar-refractivity contribution in [2.45, 2.75) is 26.4 Å². The van der Waals surface area contributed by atoms with Crippen molar-refractivity contribution >= 4 is 0 Å². The third-order valence-corrected chi connectivity index (χ3v) is 2.44. The fourth-order valence-corrected chi connectivity index (χ4v) is 1.35.